The second kappa shape index (κ2) is 8.74. The van der Waals surface area contributed by atoms with Crippen LogP contribution in [0.2, 0.25) is 5.02 Å². The molecule has 6 heteroatoms. The van der Waals surface area contributed by atoms with Crippen molar-refractivity contribution in [3.63, 3.8) is 0 Å². The molecule has 1 heterocycles. The third-order valence-electron chi connectivity index (χ3n) is 5.33. The van der Waals surface area contributed by atoms with Crippen LogP contribution in [-0.2, 0) is 16.6 Å². The minimum absolute atomic E-state index is 0.387. The SMILES string of the molecule is CC[C@@H](C)c1ccc(S(=O)(=O)N2CCN(Cc3cccc(Cl)c3)CC2)cc1. The van der Waals surface area contributed by atoms with Crippen LogP contribution in [-0.4, -0.2) is 43.8 Å². The van der Waals surface area contributed by atoms with E-state index in [1.165, 1.54) is 5.56 Å². The lowest BCUT2D eigenvalue weighted by Crippen LogP contribution is -2.48. The molecule has 0 aliphatic carbocycles. The first kappa shape index (κ1) is 20.3. The van der Waals surface area contributed by atoms with Gasteiger partial charge in [0.1, 0.15) is 0 Å². The Morgan fingerprint density at radius 3 is 2.30 bits per heavy atom. The van der Waals surface area contributed by atoms with Gasteiger partial charge in [-0.2, -0.15) is 4.31 Å². The van der Waals surface area contributed by atoms with Gasteiger partial charge in [-0.1, -0.05) is 49.7 Å². The summed E-state index contributed by atoms with van der Waals surface area (Å²) in [5.74, 6) is 0.441. The van der Waals surface area contributed by atoms with Crippen LogP contribution in [0.25, 0.3) is 0 Å². The Morgan fingerprint density at radius 1 is 1.04 bits per heavy atom. The zero-order valence-corrected chi connectivity index (χ0v) is 17.5. The summed E-state index contributed by atoms with van der Waals surface area (Å²) in [6.45, 7) is 7.54. The Morgan fingerprint density at radius 2 is 1.70 bits per heavy atom. The molecule has 0 saturated carbocycles. The summed E-state index contributed by atoms with van der Waals surface area (Å²) in [7, 11) is -3.43. The van der Waals surface area contributed by atoms with Gasteiger partial charge in [-0.3, -0.25) is 4.90 Å². The summed E-state index contributed by atoms with van der Waals surface area (Å²) in [6, 6.07) is 15.2. The molecule has 0 spiro atoms. The minimum Gasteiger partial charge on any atom is -0.296 e. The van der Waals surface area contributed by atoms with Crippen molar-refractivity contribution in [1.29, 1.82) is 0 Å². The predicted molar refractivity (Wildman–Crippen MR) is 111 cm³/mol. The highest BCUT2D eigenvalue weighted by Gasteiger charge is 2.28. The fourth-order valence-corrected chi connectivity index (χ4v) is 5.01. The summed E-state index contributed by atoms with van der Waals surface area (Å²) < 4.78 is 27.5. The van der Waals surface area contributed by atoms with Crippen LogP contribution in [0.15, 0.2) is 53.4 Å². The molecule has 4 nitrogen and oxygen atoms in total. The largest absolute Gasteiger partial charge is 0.296 e. The molecular weight excluding hydrogens is 380 g/mol. The fourth-order valence-electron chi connectivity index (χ4n) is 3.37. The first-order valence-corrected chi connectivity index (χ1v) is 11.3. The Balaban J connectivity index is 1.62. The first-order valence-electron chi connectivity index (χ1n) is 9.47. The van der Waals surface area contributed by atoms with E-state index in [0.717, 1.165) is 36.6 Å². The Hall–Kier alpha value is -1.40. The van der Waals surface area contributed by atoms with Gasteiger partial charge in [0.05, 0.1) is 4.90 Å². The summed E-state index contributed by atoms with van der Waals surface area (Å²) in [4.78, 5) is 2.65. The van der Waals surface area contributed by atoms with Crippen LogP contribution in [0, 0.1) is 0 Å². The topological polar surface area (TPSA) is 40.6 Å². The average molecular weight is 407 g/mol. The highest BCUT2D eigenvalue weighted by Crippen LogP contribution is 2.23. The molecule has 1 aliphatic rings. The van der Waals surface area contributed by atoms with Crippen LogP contribution >= 0.6 is 11.6 Å². The van der Waals surface area contributed by atoms with Gasteiger partial charge in [-0.25, -0.2) is 8.42 Å². The van der Waals surface area contributed by atoms with E-state index in [4.69, 9.17) is 11.6 Å². The molecule has 0 aromatic heterocycles. The van der Waals surface area contributed by atoms with E-state index in [2.05, 4.69) is 18.7 Å². The van der Waals surface area contributed by atoms with Crippen molar-refractivity contribution >= 4 is 21.6 Å². The van der Waals surface area contributed by atoms with Crippen LogP contribution in [0.5, 0.6) is 0 Å². The van der Waals surface area contributed by atoms with Crippen molar-refractivity contribution in [2.75, 3.05) is 26.2 Å². The molecule has 3 rings (SSSR count). The highest BCUT2D eigenvalue weighted by atomic mass is 35.5. The van der Waals surface area contributed by atoms with E-state index >= 15 is 0 Å². The molecule has 0 bridgehead atoms. The van der Waals surface area contributed by atoms with E-state index in [1.807, 2.05) is 36.4 Å². The molecule has 2 aromatic carbocycles. The zero-order valence-electron chi connectivity index (χ0n) is 15.9. The maximum atomic E-state index is 12.9. The first-order chi connectivity index (χ1) is 12.9. The Kier molecular flexibility index (Phi) is 6.58. The molecule has 1 aliphatic heterocycles. The monoisotopic (exact) mass is 406 g/mol. The molecule has 0 radical (unpaired) electrons. The van der Waals surface area contributed by atoms with Gasteiger partial charge in [0.25, 0.3) is 0 Å². The molecule has 0 unspecified atom stereocenters. The van der Waals surface area contributed by atoms with Crippen LogP contribution in [0.1, 0.15) is 37.3 Å². The van der Waals surface area contributed by atoms with Crippen molar-refractivity contribution in [2.45, 2.75) is 37.6 Å². The smallest absolute Gasteiger partial charge is 0.243 e. The summed E-state index contributed by atoms with van der Waals surface area (Å²) in [5, 5.41) is 0.731. The number of hydrogen-bond acceptors (Lipinski definition) is 3. The van der Waals surface area contributed by atoms with Crippen molar-refractivity contribution in [1.82, 2.24) is 9.21 Å². The molecule has 27 heavy (non-hydrogen) atoms. The zero-order chi connectivity index (χ0) is 19.4. The van der Waals surface area contributed by atoms with Crippen molar-refractivity contribution < 1.29 is 8.42 Å². The standard InChI is InChI=1S/C21H27ClN2O2S/c1-3-17(2)19-7-9-21(10-8-19)27(25,26)24-13-11-23(12-14-24)16-18-5-4-6-20(22)15-18/h4-10,15,17H,3,11-14,16H2,1-2H3/t17-/m1/s1. The average Bonchev–Trinajstić information content (AvgIpc) is 2.68. The lowest BCUT2D eigenvalue weighted by Gasteiger charge is -2.34. The van der Waals surface area contributed by atoms with E-state index in [-0.39, 0.29) is 0 Å². The number of benzene rings is 2. The second-order valence-electron chi connectivity index (χ2n) is 7.19. The molecule has 0 amide bonds. The molecule has 1 atom stereocenters. The van der Waals surface area contributed by atoms with Gasteiger partial charge in [0, 0.05) is 37.7 Å². The van der Waals surface area contributed by atoms with E-state index in [1.54, 1.807) is 16.4 Å². The van der Waals surface area contributed by atoms with Gasteiger partial charge in [0.15, 0.2) is 0 Å². The number of sulfonamides is 1. The van der Waals surface area contributed by atoms with Crippen molar-refractivity contribution in [2.24, 2.45) is 0 Å². The van der Waals surface area contributed by atoms with Gasteiger partial charge in [-0.15, -0.1) is 0 Å². The van der Waals surface area contributed by atoms with Gasteiger partial charge >= 0.3 is 0 Å². The second-order valence-corrected chi connectivity index (χ2v) is 9.56. The summed E-state index contributed by atoms with van der Waals surface area (Å²) in [5.41, 5.74) is 2.34. The number of halogens is 1. The molecule has 2 aromatic rings. The lowest BCUT2D eigenvalue weighted by atomic mass is 9.99. The summed E-state index contributed by atoms with van der Waals surface area (Å²) in [6.07, 6.45) is 1.04. The fraction of sp³-hybridized carbons (Fsp3) is 0.429. The van der Waals surface area contributed by atoms with E-state index in [0.29, 0.717) is 23.9 Å². The maximum Gasteiger partial charge on any atom is 0.243 e. The van der Waals surface area contributed by atoms with Crippen LogP contribution < -0.4 is 0 Å². The van der Waals surface area contributed by atoms with Crippen molar-refractivity contribution in [3.8, 4) is 0 Å². The number of hydrogen-bond donors (Lipinski definition) is 0. The number of piperazine rings is 1. The lowest BCUT2D eigenvalue weighted by molar-refractivity contribution is 0.181. The van der Waals surface area contributed by atoms with Gasteiger partial charge in [-0.05, 0) is 47.7 Å². The molecular formula is C21H27ClN2O2S. The quantitative estimate of drug-likeness (QED) is 0.715. The normalized spacial score (nSPS) is 17.7. The van der Waals surface area contributed by atoms with Gasteiger partial charge in [0.2, 0.25) is 10.0 Å². The number of rotatable bonds is 6. The Bertz CT molecular complexity index is 860. The summed E-state index contributed by atoms with van der Waals surface area (Å²) >= 11 is 6.05. The predicted octanol–water partition coefficient (Wildman–Crippen LogP) is 4.36. The van der Waals surface area contributed by atoms with E-state index in [9.17, 15) is 8.42 Å². The van der Waals surface area contributed by atoms with Crippen molar-refractivity contribution in [3.05, 3.63) is 64.7 Å². The van der Waals surface area contributed by atoms with Crippen LogP contribution in [0.3, 0.4) is 0 Å². The minimum atomic E-state index is -3.43. The highest BCUT2D eigenvalue weighted by molar-refractivity contribution is 7.89. The molecule has 1 fully saturated rings. The Labute approximate surface area is 167 Å². The van der Waals surface area contributed by atoms with Crippen LogP contribution in [0.4, 0.5) is 0 Å². The molecule has 0 N–H and O–H groups in total. The molecule has 146 valence electrons. The maximum absolute atomic E-state index is 12.9. The third kappa shape index (κ3) is 4.91. The van der Waals surface area contributed by atoms with Gasteiger partial charge < -0.3 is 0 Å². The third-order valence-corrected chi connectivity index (χ3v) is 7.47. The number of nitrogens with zero attached hydrogens (tertiary/aromatic N) is 2. The van der Waals surface area contributed by atoms with E-state index < -0.39 is 10.0 Å². The molecule has 1 saturated heterocycles.